The molecule has 4 nitrogen and oxygen atoms in total. The number of benzene rings is 1. The number of hydrogen-bond acceptors (Lipinski definition) is 3. The minimum Gasteiger partial charge on any atom is -0.494 e. The number of nitrogens with one attached hydrogen (secondary N) is 1. The molecule has 0 saturated heterocycles. The number of ether oxygens (including phenoxy) is 1. The van der Waals surface area contributed by atoms with Crippen molar-refractivity contribution in [1.82, 2.24) is 5.32 Å². The van der Waals surface area contributed by atoms with Crippen molar-refractivity contribution in [2.75, 3.05) is 13.2 Å². The summed E-state index contributed by atoms with van der Waals surface area (Å²) in [5.41, 5.74) is 0.0456. The van der Waals surface area contributed by atoms with E-state index in [0.29, 0.717) is 13.0 Å². The Morgan fingerprint density at radius 3 is 2.45 bits per heavy atom. The topological polar surface area (TPSA) is 58.6 Å². The fourth-order valence-corrected chi connectivity index (χ4v) is 1.60. The molecule has 1 unspecified atom stereocenters. The molecule has 4 heteroatoms. The SMILES string of the molecule is CCOc1ccc(CC(=O)NCC(C)(O)C(C)C)cc1. The normalized spacial score (nSPS) is 13.9. The first-order chi connectivity index (χ1) is 9.35. The van der Waals surface area contributed by atoms with Crippen LogP contribution in [-0.4, -0.2) is 29.8 Å². The molecule has 112 valence electrons. The lowest BCUT2D eigenvalue weighted by molar-refractivity contribution is -0.122. The summed E-state index contributed by atoms with van der Waals surface area (Å²) in [6.07, 6.45) is 0.306. The maximum absolute atomic E-state index is 11.8. The van der Waals surface area contributed by atoms with E-state index in [4.69, 9.17) is 4.74 Å². The number of amides is 1. The predicted octanol–water partition coefficient (Wildman–Crippen LogP) is 2.15. The highest BCUT2D eigenvalue weighted by atomic mass is 16.5. The van der Waals surface area contributed by atoms with Gasteiger partial charge in [0.1, 0.15) is 5.75 Å². The van der Waals surface area contributed by atoms with Crippen LogP contribution in [-0.2, 0) is 11.2 Å². The van der Waals surface area contributed by atoms with Gasteiger partial charge in [0, 0.05) is 6.54 Å². The molecule has 2 N–H and O–H groups in total. The molecule has 0 aliphatic heterocycles. The zero-order valence-electron chi connectivity index (χ0n) is 12.8. The van der Waals surface area contributed by atoms with Gasteiger partial charge < -0.3 is 15.2 Å². The Hall–Kier alpha value is -1.55. The van der Waals surface area contributed by atoms with E-state index in [1.165, 1.54) is 0 Å². The Bertz CT molecular complexity index is 424. The van der Waals surface area contributed by atoms with E-state index in [2.05, 4.69) is 5.32 Å². The molecule has 0 heterocycles. The standard InChI is InChI=1S/C16H25NO3/c1-5-20-14-8-6-13(7-9-14)10-15(18)17-11-16(4,19)12(2)3/h6-9,12,19H,5,10-11H2,1-4H3,(H,17,18). The van der Waals surface area contributed by atoms with E-state index < -0.39 is 5.60 Å². The van der Waals surface area contributed by atoms with Gasteiger partial charge in [-0.2, -0.15) is 0 Å². The summed E-state index contributed by atoms with van der Waals surface area (Å²) < 4.78 is 5.35. The van der Waals surface area contributed by atoms with E-state index in [-0.39, 0.29) is 18.4 Å². The summed E-state index contributed by atoms with van der Waals surface area (Å²) in [6, 6.07) is 7.48. The predicted molar refractivity (Wildman–Crippen MR) is 79.8 cm³/mol. The fourth-order valence-electron chi connectivity index (χ4n) is 1.60. The smallest absolute Gasteiger partial charge is 0.224 e. The van der Waals surface area contributed by atoms with Crippen LogP contribution in [0.2, 0.25) is 0 Å². The molecule has 0 fully saturated rings. The second kappa shape index (κ2) is 7.29. The van der Waals surface area contributed by atoms with Crippen molar-refractivity contribution in [3.8, 4) is 5.75 Å². The molecule has 1 aromatic rings. The van der Waals surface area contributed by atoms with Crippen LogP contribution in [0.3, 0.4) is 0 Å². The van der Waals surface area contributed by atoms with Gasteiger partial charge in [-0.15, -0.1) is 0 Å². The van der Waals surface area contributed by atoms with Crippen LogP contribution in [0.25, 0.3) is 0 Å². The van der Waals surface area contributed by atoms with Gasteiger partial charge in [0.25, 0.3) is 0 Å². The summed E-state index contributed by atoms with van der Waals surface area (Å²) in [6.45, 7) is 8.42. The monoisotopic (exact) mass is 279 g/mol. The van der Waals surface area contributed by atoms with E-state index >= 15 is 0 Å². The van der Waals surface area contributed by atoms with Crippen LogP contribution in [0.1, 0.15) is 33.3 Å². The molecule has 0 saturated carbocycles. The second-order valence-electron chi connectivity index (χ2n) is 5.54. The van der Waals surface area contributed by atoms with Gasteiger partial charge in [-0.1, -0.05) is 26.0 Å². The first-order valence-electron chi connectivity index (χ1n) is 7.06. The molecule has 20 heavy (non-hydrogen) atoms. The number of rotatable bonds is 7. The molecule has 0 radical (unpaired) electrons. The highest BCUT2D eigenvalue weighted by Crippen LogP contribution is 2.15. The van der Waals surface area contributed by atoms with Crippen molar-refractivity contribution in [2.45, 2.75) is 39.7 Å². The largest absolute Gasteiger partial charge is 0.494 e. The van der Waals surface area contributed by atoms with E-state index in [1.807, 2.05) is 45.0 Å². The maximum atomic E-state index is 11.8. The zero-order valence-corrected chi connectivity index (χ0v) is 12.8. The van der Waals surface area contributed by atoms with Gasteiger partial charge in [0.05, 0.1) is 18.6 Å². The zero-order chi connectivity index (χ0) is 15.2. The summed E-state index contributed by atoms with van der Waals surface area (Å²) in [5, 5.41) is 12.8. The van der Waals surface area contributed by atoms with Crippen molar-refractivity contribution in [1.29, 1.82) is 0 Å². The van der Waals surface area contributed by atoms with Gasteiger partial charge in [-0.3, -0.25) is 4.79 Å². The van der Waals surface area contributed by atoms with E-state index in [1.54, 1.807) is 6.92 Å². The summed E-state index contributed by atoms with van der Waals surface area (Å²) >= 11 is 0. The molecule has 0 aliphatic rings. The van der Waals surface area contributed by atoms with Crippen LogP contribution >= 0.6 is 0 Å². The Morgan fingerprint density at radius 2 is 1.95 bits per heavy atom. The van der Waals surface area contributed by atoms with Gasteiger partial charge in [-0.25, -0.2) is 0 Å². The Balaban J connectivity index is 2.46. The molecule has 0 bridgehead atoms. The minimum atomic E-state index is -0.880. The van der Waals surface area contributed by atoms with Crippen LogP contribution in [0, 0.1) is 5.92 Å². The van der Waals surface area contributed by atoms with Crippen molar-refractivity contribution < 1.29 is 14.6 Å². The first-order valence-corrected chi connectivity index (χ1v) is 7.06. The molecule has 0 spiro atoms. The van der Waals surface area contributed by atoms with Crippen molar-refractivity contribution in [3.63, 3.8) is 0 Å². The van der Waals surface area contributed by atoms with Gasteiger partial charge in [0.15, 0.2) is 0 Å². The molecular formula is C16H25NO3. The lowest BCUT2D eigenvalue weighted by Crippen LogP contribution is -2.44. The molecule has 0 aliphatic carbocycles. The Kier molecular flexibility index (Phi) is 6.02. The Morgan fingerprint density at radius 1 is 1.35 bits per heavy atom. The van der Waals surface area contributed by atoms with Crippen LogP contribution < -0.4 is 10.1 Å². The molecular weight excluding hydrogens is 254 g/mol. The van der Waals surface area contributed by atoms with Crippen molar-refractivity contribution in [3.05, 3.63) is 29.8 Å². The van der Waals surface area contributed by atoms with E-state index in [0.717, 1.165) is 11.3 Å². The quantitative estimate of drug-likeness (QED) is 0.804. The van der Waals surface area contributed by atoms with Gasteiger partial charge in [0.2, 0.25) is 5.91 Å². The number of carbonyl (C=O) groups excluding carboxylic acids is 1. The summed E-state index contributed by atoms with van der Waals surface area (Å²) in [7, 11) is 0. The minimum absolute atomic E-state index is 0.0879. The Labute approximate surface area is 121 Å². The second-order valence-corrected chi connectivity index (χ2v) is 5.54. The highest BCUT2D eigenvalue weighted by molar-refractivity contribution is 5.78. The van der Waals surface area contributed by atoms with Crippen LogP contribution in [0.4, 0.5) is 0 Å². The first kappa shape index (κ1) is 16.5. The van der Waals surface area contributed by atoms with Crippen molar-refractivity contribution >= 4 is 5.91 Å². The highest BCUT2D eigenvalue weighted by Gasteiger charge is 2.25. The lowest BCUT2D eigenvalue weighted by Gasteiger charge is -2.27. The van der Waals surface area contributed by atoms with Gasteiger partial charge in [-0.05, 0) is 37.5 Å². The fraction of sp³-hybridized carbons (Fsp3) is 0.562. The molecule has 1 aromatic carbocycles. The maximum Gasteiger partial charge on any atom is 0.224 e. The molecule has 1 amide bonds. The molecule has 1 atom stereocenters. The van der Waals surface area contributed by atoms with Crippen LogP contribution in [0.5, 0.6) is 5.75 Å². The number of aliphatic hydroxyl groups is 1. The average molecular weight is 279 g/mol. The molecule has 0 aromatic heterocycles. The summed E-state index contributed by atoms with van der Waals surface area (Å²) in [4.78, 5) is 11.8. The lowest BCUT2D eigenvalue weighted by atomic mass is 9.92. The number of hydrogen-bond donors (Lipinski definition) is 2. The molecule has 1 rings (SSSR count). The number of carbonyl (C=O) groups is 1. The summed E-state index contributed by atoms with van der Waals surface area (Å²) in [5.74, 6) is 0.808. The third kappa shape index (κ3) is 5.21. The third-order valence-electron chi connectivity index (χ3n) is 3.49. The van der Waals surface area contributed by atoms with Crippen LogP contribution in [0.15, 0.2) is 24.3 Å². The third-order valence-corrected chi connectivity index (χ3v) is 3.49. The van der Waals surface area contributed by atoms with Crippen molar-refractivity contribution in [2.24, 2.45) is 5.92 Å². The average Bonchev–Trinajstić information content (AvgIpc) is 2.39. The van der Waals surface area contributed by atoms with E-state index in [9.17, 15) is 9.90 Å². The van der Waals surface area contributed by atoms with Gasteiger partial charge >= 0.3 is 0 Å².